The van der Waals surface area contributed by atoms with Crippen molar-refractivity contribution in [3.63, 3.8) is 0 Å². The molecule has 1 heterocycles. The molecule has 1 aliphatic rings. The van der Waals surface area contributed by atoms with Gasteiger partial charge in [0, 0.05) is 12.0 Å². The van der Waals surface area contributed by atoms with Crippen molar-refractivity contribution in [2.24, 2.45) is 0 Å². The Bertz CT molecular complexity index is 560. The van der Waals surface area contributed by atoms with Gasteiger partial charge in [-0.05, 0) is 12.1 Å². The fraction of sp³-hybridized carbons (Fsp3) is 0.357. The predicted octanol–water partition coefficient (Wildman–Crippen LogP) is 1.46. The maximum atomic E-state index is 11.4. The molecular formula is C14H14O6. The van der Waals surface area contributed by atoms with E-state index in [2.05, 4.69) is 0 Å². The number of rotatable bonds is 4. The Labute approximate surface area is 115 Å². The highest BCUT2D eigenvalue weighted by atomic mass is 16.6. The van der Waals surface area contributed by atoms with Crippen molar-refractivity contribution in [3.8, 4) is 17.2 Å². The third-order valence-electron chi connectivity index (χ3n) is 3.07. The van der Waals surface area contributed by atoms with Crippen LogP contribution in [0.3, 0.4) is 0 Å². The maximum absolute atomic E-state index is 11.4. The Morgan fingerprint density at radius 1 is 1.15 bits per heavy atom. The van der Waals surface area contributed by atoms with Gasteiger partial charge in [0.15, 0.2) is 11.5 Å². The van der Waals surface area contributed by atoms with E-state index >= 15 is 0 Å². The zero-order valence-electron chi connectivity index (χ0n) is 11.4. The topological polar surface area (TPSA) is 71.1 Å². The first-order chi connectivity index (χ1) is 9.64. The molecule has 0 aliphatic carbocycles. The highest BCUT2D eigenvalue weighted by Crippen LogP contribution is 2.42. The smallest absolute Gasteiger partial charge is 0.346 e. The zero-order valence-corrected chi connectivity index (χ0v) is 11.4. The highest BCUT2D eigenvalue weighted by molar-refractivity contribution is 5.98. The van der Waals surface area contributed by atoms with Crippen LogP contribution in [0.25, 0.3) is 0 Å². The molecule has 0 amide bonds. The van der Waals surface area contributed by atoms with Gasteiger partial charge in [-0.15, -0.1) is 0 Å². The number of hydrogen-bond acceptors (Lipinski definition) is 6. The fourth-order valence-corrected chi connectivity index (χ4v) is 2.07. The molecule has 1 unspecified atom stereocenters. The third kappa shape index (κ3) is 2.33. The fourth-order valence-electron chi connectivity index (χ4n) is 2.07. The standard InChI is InChI=1S/C14H14O6/c1-17-11-4-8(5-12(18-2)13(11)19-3)10-6-9(7-15)14(16)20-10/h4-5,10H,6H2,1-3H3. The number of methoxy groups -OCH3 is 3. The summed E-state index contributed by atoms with van der Waals surface area (Å²) in [7, 11) is 4.50. The van der Waals surface area contributed by atoms with Gasteiger partial charge in [-0.2, -0.15) is 0 Å². The molecule has 0 spiro atoms. The predicted molar refractivity (Wildman–Crippen MR) is 68.8 cm³/mol. The average molecular weight is 278 g/mol. The van der Waals surface area contributed by atoms with Crippen LogP contribution in [0.2, 0.25) is 0 Å². The summed E-state index contributed by atoms with van der Waals surface area (Å²) in [5.41, 5.74) is 0.668. The lowest BCUT2D eigenvalue weighted by atomic mass is 10.0. The molecule has 0 saturated carbocycles. The molecule has 0 N–H and O–H groups in total. The van der Waals surface area contributed by atoms with Gasteiger partial charge < -0.3 is 18.9 Å². The number of esters is 1. The first-order valence-electron chi connectivity index (χ1n) is 5.89. The Morgan fingerprint density at radius 3 is 2.15 bits per heavy atom. The van der Waals surface area contributed by atoms with Crippen LogP contribution < -0.4 is 14.2 Å². The molecule has 106 valence electrons. The van der Waals surface area contributed by atoms with Crippen LogP contribution in [-0.2, 0) is 14.3 Å². The van der Waals surface area contributed by atoms with Crippen LogP contribution in [0.1, 0.15) is 18.1 Å². The second kappa shape index (κ2) is 5.67. The Kier molecular flexibility index (Phi) is 3.96. The SMILES string of the molecule is COc1cc(C2CC(=C=O)C(=O)O2)cc(OC)c1OC. The molecule has 1 aromatic carbocycles. The highest BCUT2D eigenvalue weighted by Gasteiger charge is 2.32. The van der Waals surface area contributed by atoms with Crippen LogP contribution in [0.15, 0.2) is 17.7 Å². The van der Waals surface area contributed by atoms with Crippen molar-refractivity contribution in [2.45, 2.75) is 12.5 Å². The molecule has 1 saturated heterocycles. The molecular weight excluding hydrogens is 264 g/mol. The van der Waals surface area contributed by atoms with Crippen LogP contribution in [-0.4, -0.2) is 33.2 Å². The van der Waals surface area contributed by atoms with Gasteiger partial charge >= 0.3 is 5.97 Å². The summed E-state index contributed by atoms with van der Waals surface area (Å²) in [5.74, 6) is 2.33. The van der Waals surface area contributed by atoms with E-state index in [9.17, 15) is 9.59 Å². The Balaban J connectivity index is 2.43. The molecule has 1 aliphatic heterocycles. The Morgan fingerprint density at radius 2 is 1.75 bits per heavy atom. The lowest BCUT2D eigenvalue weighted by Crippen LogP contribution is -2.02. The summed E-state index contributed by atoms with van der Waals surface area (Å²) in [6, 6.07) is 3.38. The second-order valence-electron chi connectivity index (χ2n) is 4.14. The van der Waals surface area contributed by atoms with Gasteiger partial charge in [0.1, 0.15) is 17.6 Å². The van der Waals surface area contributed by atoms with E-state index < -0.39 is 12.1 Å². The molecule has 1 atom stereocenters. The minimum absolute atomic E-state index is 0.00347. The molecule has 0 bridgehead atoms. The number of carbonyl (C=O) groups is 1. The molecule has 1 fully saturated rings. The first-order valence-corrected chi connectivity index (χ1v) is 5.89. The summed E-state index contributed by atoms with van der Waals surface area (Å²) >= 11 is 0. The summed E-state index contributed by atoms with van der Waals surface area (Å²) in [5, 5.41) is 0. The van der Waals surface area contributed by atoms with E-state index in [1.807, 2.05) is 0 Å². The van der Waals surface area contributed by atoms with E-state index in [-0.39, 0.29) is 12.0 Å². The normalized spacial score (nSPS) is 17.4. The number of ether oxygens (including phenoxy) is 4. The summed E-state index contributed by atoms with van der Waals surface area (Å²) in [6.45, 7) is 0. The number of hydrogen-bond donors (Lipinski definition) is 0. The monoisotopic (exact) mass is 278 g/mol. The van der Waals surface area contributed by atoms with E-state index in [4.69, 9.17) is 18.9 Å². The van der Waals surface area contributed by atoms with Crippen LogP contribution in [0.4, 0.5) is 0 Å². The van der Waals surface area contributed by atoms with Crippen molar-refractivity contribution >= 4 is 11.9 Å². The number of benzene rings is 1. The molecule has 2 rings (SSSR count). The minimum atomic E-state index is -0.640. The van der Waals surface area contributed by atoms with Gasteiger partial charge in [-0.25, -0.2) is 9.59 Å². The van der Waals surface area contributed by atoms with Crippen molar-refractivity contribution in [1.29, 1.82) is 0 Å². The average Bonchev–Trinajstić information content (AvgIpc) is 2.86. The van der Waals surface area contributed by atoms with Crippen LogP contribution in [0.5, 0.6) is 17.2 Å². The van der Waals surface area contributed by atoms with Crippen molar-refractivity contribution in [2.75, 3.05) is 21.3 Å². The lowest BCUT2D eigenvalue weighted by molar-refractivity contribution is -0.139. The van der Waals surface area contributed by atoms with Crippen LogP contribution in [0, 0.1) is 0 Å². The Hall–Kier alpha value is -2.46. The number of carbonyl (C=O) groups excluding carboxylic acids is 2. The minimum Gasteiger partial charge on any atom is -0.493 e. The molecule has 6 heteroatoms. The van der Waals surface area contributed by atoms with Crippen molar-refractivity contribution in [3.05, 3.63) is 23.3 Å². The van der Waals surface area contributed by atoms with Gasteiger partial charge in [-0.3, -0.25) is 0 Å². The quantitative estimate of drug-likeness (QED) is 0.472. The van der Waals surface area contributed by atoms with E-state index in [0.29, 0.717) is 22.8 Å². The molecule has 20 heavy (non-hydrogen) atoms. The molecule has 1 aromatic rings. The van der Waals surface area contributed by atoms with Crippen LogP contribution >= 0.6 is 0 Å². The molecule has 0 radical (unpaired) electrons. The van der Waals surface area contributed by atoms with E-state index in [0.717, 1.165) is 0 Å². The van der Waals surface area contributed by atoms with E-state index in [1.54, 1.807) is 18.1 Å². The first kappa shape index (κ1) is 14.0. The number of cyclic esters (lactones) is 1. The van der Waals surface area contributed by atoms with Gasteiger partial charge in [0.2, 0.25) is 5.75 Å². The summed E-state index contributed by atoms with van der Waals surface area (Å²) in [4.78, 5) is 22.0. The summed E-state index contributed by atoms with van der Waals surface area (Å²) < 4.78 is 20.8. The molecule has 6 nitrogen and oxygen atoms in total. The maximum Gasteiger partial charge on any atom is 0.346 e. The third-order valence-corrected chi connectivity index (χ3v) is 3.07. The van der Waals surface area contributed by atoms with E-state index in [1.165, 1.54) is 21.3 Å². The van der Waals surface area contributed by atoms with Crippen molar-refractivity contribution < 1.29 is 28.5 Å². The zero-order chi connectivity index (χ0) is 14.7. The largest absolute Gasteiger partial charge is 0.493 e. The van der Waals surface area contributed by atoms with Gasteiger partial charge in [0.05, 0.1) is 21.3 Å². The van der Waals surface area contributed by atoms with Crippen molar-refractivity contribution in [1.82, 2.24) is 0 Å². The van der Waals surface area contributed by atoms with Gasteiger partial charge in [0.25, 0.3) is 0 Å². The van der Waals surface area contributed by atoms with Gasteiger partial charge in [-0.1, -0.05) is 0 Å². The summed E-state index contributed by atoms with van der Waals surface area (Å²) in [6.07, 6.45) is -0.367. The molecule has 0 aromatic heterocycles. The second-order valence-corrected chi connectivity index (χ2v) is 4.14. The lowest BCUT2D eigenvalue weighted by Gasteiger charge is -2.16.